The van der Waals surface area contributed by atoms with Gasteiger partial charge < -0.3 is 9.88 Å². The van der Waals surface area contributed by atoms with Crippen molar-refractivity contribution in [1.29, 1.82) is 0 Å². The number of amides is 1. The van der Waals surface area contributed by atoms with E-state index in [-0.39, 0.29) is 34.4 Å². The number of nitrogens with zero attached hydrogens (tertiary/aromatic N) is 3. The van der Waals surface area contributed by atoms with E-state index >= 15 is 0 Å². The molecular formula is C19H17ClN4O4. The molecule has 0 radical (unpaired) electrons. The summed E-state index contributed by atoms with van der Waals surface area (Å²) in [7, 11) is 0. The number of para-hydroxylation sites is 1. The minimum Gasteiger partial charge on any atom is -0.329 e. The molecule has 0 saturated carbocycles. The van der Waals surface area contributed by atoms with E-state index < -0.39 is 10.8 Å². The van der Waals surface area contributed by atoms with Crippen LogP contribution < -0.4 is 5.56 Å². The van der Waals surface area contributed by atoms with Crippen LogP contribution in [0.4, 0.5) is 5.69 Å². The molecule has 2 aromatic carbocycles. The standard InChI is InChI=1S/C19H17ClN4O4/c1-11(2)23(19(26)14-8-7-12(20)9-16(14)24(27)28)10-17-21-15-6-4-3-5-13(15)18(25)22-17/h3-9,11H,10H2,1-2H3,(H,21,22,25). The van der Waals surface area contributed by atoms with Gasteiger partial charge in [-0.3, -0.25) is 19.7 Å². The highest BCUT2D eigenvalue weighted by Gasteiger charge is 2.27. The number of hydrogen-bond acceptors (Lipinski definition) is 5. The Morgan fingerprint density at radius 2 is 2.00 bits per heavy atom. The summed E-state index contributed by atoms with van der Waals surface area (Å²) >= 11 is 5.83. The third kappa shape index (κ3) is 3.86. The second-order valence-corrected chi connectivity index (χ2v) is 6.91. The normalized spacial score (nSPS) is 11.0. The average Bonchev–Trinajstić information content (AvgIpc) is 2.65. The lowest BCUT2D eigenvalue weighted by Crippen LogP contribution is -2.37. The number of benzene rings is 2. The Hall–Kier alpha value is -3.26. The first-order chi connectivity index (χ1) is 13.3. The molecule has 0 aliphatic carbocycles. The van der Waals surface area contributed by atoms with Gasteiger partial charge in [-0.25, -0.2) is 4.98 Å². The monoisotopic (exact) mass is 400 g/mol. The third-order valence-corrected chi connectivity index (χ3v) is 4.49. The van der Waals surface area contributed by atoms with Crippen LogP contribution >= 0.6 is 11.6 Å². The molecule has 3 rings (SSSR count). The smallest absolute Gasteiger partial charge is 0.283 e. The number of H-pyrrole nitrogens is 1. The number of carbonyl (C=O) groups is 1. The number of fused-ring (bicyclic) bond motifs is 1. The second kappa shape index (κ2) is 7.77. The Morgan fingerprint density at radius 1 is 1.29 bits per heavy atom. The van der Waals surface area contributed by atoms with E-state index in [1.807, 2.05) is 0 Å². The molecule has 0 spiro atoms. The zero-order valence-electron chi connectivity index (χ0n) is 15.2. The van der Waals surface area contributed by atoms with Crippen molar-refractivity contribution in [1.82, 2.24) is 14.9 Å². The van der Waals surface area contributed by atoms with E-state index in [0.29, 0.717) is 16.7 Å². The summed E-state index contributed by atoms with van der Waals surface area (Å²) in [6.45, 7) is 3.55. The van der Waals surface area contributed by atoms with Crippen LogP contribution in [0.3, 0.4) is 0 Å². The van der Waals surface area contributed by atoms with Gasteiger partial charge in [0.25, 0.3) is 17.2 Å². The van der Waals surface area contributed by atoms with Gasteiger partial charge in [-0.05, 0) is 38.1 Å². The zero-order chi connectivity index (χ0) is 20.4. The fraction of sp³-hybridized carbons (Fsp3) is 0.211. The molecule has 0 bridgehead atoms. The van der Waals surface area contributed by atoms with Crippen molar-refractivity contribution in [2.75, 3.05) is 0 Å². The first-order valence-electron chi connectivity index (χ1n) is 8.50. The Bertz CT molecular complexity index is 1130. The summed E-state index contributed by atoms with van der Waals surface area (Å²) in [6, 6.07) is 10.5. The van der Waals surface area contributed by atoms with Gasteiger partial charge in [0.15, 0.2) is 0 Å². The van der Waals surface area contributed by atoms with E-state index in [9.17, 15) is 19.7 Å². The molecule has 28 heavy (non-hydrogen) atoms. The molecular weight excluding hydrogens is 384 g/mol. The molecule has 9 heteroatoms. The third-order valence-electron chi connectivity index (χ3n) is 4.25. The van der Waals surface area contributed by atoms with Crippen LogP contribution in [0.2, 0.25) is 5.02 Å². The van der Waals surface area contributed by atoms with E-state index in [1.54, 1.807) is 38.1 Å². The van der Waals surface area contributed by atoms with E-state index in [2.05, 4.69) is 9.97 Å². The molecule has 8 nitrogen and oxygen atoms in total. The van der Waals surface area contributed by atoms with Crippen LogP contribution in [-0.4, -0.2) is 31.7 Å². The van der Waals surface area contributed by atoms with Gasteiger partial charge in [0, 0.05) is 17.1 Å². The Kier molecular flexibility index (Phi) is 5.41. The van der Waals surface area contributed by atoms with Gasteiger partial charge in [-0.2, -0.15) is 0 Å². The average molecular weight is 401 g/mol. The SMILES string of the molecule is CC(C)N(Cc1nc2ccccc2c(=O)[nH]1)C(=O)c1ccc(Cl)cc1[N+](=O)[O-]. The summed E-state index contributed by atoms with van der Waals surface area (Å²) in [4.78, 5) is 44.5. The number of aromatic amines is 1. The van der Waals surface area contributed by atoms with Crippen LogP contribution in [0, 0.1) is 10.1 Å². The number of nitro benzene ring substituents is 1. The highest BCUT2D eigenvalue weighted by molar-refractivity contribution is 6.31. The molecule has 1 heterocycles. The van der Waals surface area contributed by atoms with Crippen molar-refractivity contribution in [2.45, 2.75) is 26.4 Å². The predicted molar refractivity (Wildman–Crippen MR) is 105 cm³/mol. The first-order valence-corrected chi connectivity index (χ1v) is 8.88. The summed E-state index contributed by atoms with van der Waals surface area (Å²) < 4.78 is 0. The van der Waals surface area contributed by atoms with Gasteiger partial charge >= 0.3 is 0 Å². The number of carbonyl (C=O) groups excluding carboxylic acids is 1. The topological polar surface area (TPSA) is 109 Å². The fourth-order valence-corrected chi connectivity index (χ4v) is 3.02. The van der Waals surface area contributed by atoms with Crippen molar-refractivity contribution in [2.24, 2.45) is 0 Å². The van der Waals surface area contributed by atoms with Crippen LogP contribution in [0.5, 0.6) is 0 Å². The number of hydrogen-bond donors (Lipinski definition) is 1. The number of aromatic nitrogens is 2. The molecule has 0 unspecified atom stereocenters. The second-order valence-electron chi connectivity index (χ2n) is 6.48. The molecule has 1 N–H and O–H groups in total. The molecule has 1 amide bonds. The van der Waals surface area contributed by atoms with Crippen LogP contribution in [0.25, 0.3) is 10.9 Å². The van der Waals surface area contributed by atoms with Crippen LogP contribution in [0.15, 0.2) is 47.3 Å². The van der Waals surface area contributed by atoms with Crippen molar-refractivity contribution in [3.63, 3.8) is 0 Å². The minimum absolute atomic E-state index is 0.00362. The van der Waals surface area contributed by atoms with Crippen LogP contribution in [-0.2, 0) is 6.54 Å². The van der Waals surface area contributed by atoms with Gasteiger partial charge in [-0.15, -0.1) is 0 Å². The predicted octanol–water partition coefficient (Wildman–Crippen LogP) is 3.54. The lowest BCUT2D eigenvalue weighted by molar-refractivity contribution is -0.385. The quantitative estimate of drug-likeness (QED) is 0.520. The summed E-state index contributed by atoms with van der Waals surface area (Å²) in [5.41, 5.74) is -0.251. The van der Waals surface area contributed by atoms with Crippen molar-refractivity contribution in [3.8, 4) is 0 Å². The van der Waals surface area contributed by atoms with Gasteiger partial charge in [0.1, 0.15) is 11.4 Å². The number of rotatable bonds is 5. The summed E-state index contributed by atoms with van der Waals surface area (Å²) in [6.07, 6.45) is 0. The van der Waals surface area contributed by atoms with Crippen molar-refractivity contribution < 1.29 is 9.72 Å². The summed E-state index contributed by atoms with van der Waals surface area (Å²) in [5.74, 6) is -0.253. The van der Waals surface area contributed by atoms with E-state index in [0.717, 1.165) is 6.07 Å². The Labute approximate surface area is 164 Å². The van der Waals surface area contributed by atoms with Gasteiger partial charge in [0.05, 0.1) is 22.4 Å². The van der Waals surface area contributed by atoms with Gasteiger partial charge in [-0.1, -0.05) is 23.7 Å². The molecule has 0 aliphatic heterocycles. The number of nitrogens with one attached hydrogen (secondary N) is 1. The first kappa shape index (κ1) is 19.5. The molecule has 0 fully saturated rings. The largest absolute Gasteiger partial charge is 0.329 e. The van der Waals surface area contributed by atoms with E-state index in [4.69, 9.17) is 11.6 Å². The Balaban J connectivity index is 2.00. The van der Waals surface area contributed by atoms with E-state index in [1.165, 1.54) is 17.0 Å². The molecule has 0 atom stereocenters. The highest BCUT2D eigenvalue weighted by atomic mass is 35.5. The minimum atomic E-state index is -0.645. The number of nitro groups is 1. The molecule has 0 aliphatic rings. The Morgan fingerprint density at radius 3 is 2.68 bits per heavy atom. The van der Waals surface area contributed by atoms with Crippen molar-refractivity contribution in [3.05, 3.63) is 79.3 Å². The number of halogens is 1. The maximum Gasteiger partial charge on any atom is 0.283 e. The highest BCUT2D eigenvalue weighted by Crippen LogP contribution is 2.25. The lowest BCUT2D eigenvalue weighted by Gasteiger charge is -2.26. The summed E-state index contributed by atoms with van der Waals surface area (Å²) in [5, 5.41) is 11.9. The molecule has 3 aromatic rings. The van der Waals surface area contributed by atoms with Crippen LogP contribution in [0.1, 0.15) is 30.0 Å². The van der Waals surface area contributed by atoms with Gasteiger partial charge in [0.2, 0.25) is 0 Å². The lowest BCUT2D eigenvalue weighted by atomic mass is 10.1. The maximum absolute atomic E-state index is 13.0. The molecule has 144 valence electrons. The fourth-order valence-electron chi connectivity index (χ4n) is 2.85. The molecule has 0 saturated heterocycles. The maximum atomic E-state index is 13.0. The molecule has 1 aromatic heterocycles. The van der Waals surface area contributed by atoms with Crippen molar-refractivity contribution >= 4 is 34.1 Å². The zero-order valence-corrected chi connectivity index (χ0v) is 15.9.